The molecule has 0 bridgehead atoms. The van der Waals surface area contributed by atoms with Gasteiger partial charge in [-0.15, -0.1) is 0 Å². The quantitative estimate of drug-likeness (QED) is 0.807. The Kier molecular flexibility index (Phi) is 7.28. The lowest BCUT2D eigenvalue weighted by Gasteiger charge is -2.15. The number of hydrogen-bond donors (Lipinski definition) is 1. The summed E-state index contributed by atoms with van der Waals surface area (Å²) in [7, 11) is 0. The Morgan fingerprint density at radius 3 is 2.65 bits per heavy atom. The van der Waals surface area contributed by atoms with Crippen molar-refractivity contribution >= 4 is 0 Å². The number of halogens is 1. The van der Waals surface area contributed by atoms with E-state index in [-0.39, 0.29) is 18.5 Å². The Labute approximate surface area is 121 Å². The monoisotopic (exact) mass is 278 g/mol. The van der Waals surface area contributed by atoms with Gasteiger partial charge in [-0.05, 0) is 43.0 Å². The zero-order chi connectivity index (χ0) is 15.0. The molecule has 0 radical (unpaired) electrons. The predicted molar refractivity (Wildman–Crippen MR) is 78.7 cm³/mol. The third-order valence-electron chi connectivity index (χ3n) is 2.76. The van der Waals surface area contributed by atoms with E-state index in [0.29, 0.717) is 24.5 Å². The van der Waals surface area contributed by atoms with Crippen LogP contribution in [-0.2, 0) is 11.3 Å². The van der Waals surface area contributed by atoms with Crippen molar-refractivity contribution in [2.24, 2.45) is 5.92 Å². The van der Waals surface area contributed by atoms with Gasteiger partial charge in [-0.3, -0.25) is 0 Å². The van der Waals surface area contributed by atoms with E-state index in [9.17, 15) is 4.39 Å². The lowest BCUT2D eigenvalue weighted by atomic mass is 10.1. The van der Waals surface area contributed by atoms with Crippen molar-refractivity contribution in [3.05, 3.63) is 35.1 Å². The van der Waals surface area contributed by atoms with Gasteiger partial charge in [-0.25, -0.2) is 4.39 Å². The fraction of sp³-hybridized carbons (Fsp3) is 0.529. The molecule has 1 unspecified atom stereocenters. The van der Waals surface area contributed by atoms with E-state index in [0.717, 1.165) is 12.0 Å². The van der Waals surface area contributed by atoms with Crippen LogP contribution in [0.1, 0.15) is 44.7 Å². The van der Waals surface area contributed by atoms with Gasteiger partial charge >= 0.3 is 0 Å². The summed E-state index contributed by atoms with van der Waals surface area (Å²) in [5.41, 5.74) is 1.41. The lowest BCUT2D eigenvalue weighted by molar-refractivity contribution is 0.0396. The van der Waals surface area contributed by atoms with Crippen molar-refractivity contribution in [2.75, 3.05) is 6.61 Å². The molecule has 1 aromatic rings. The summed E-state index contributed by atoms with van der Waals surface area (Å²) in [4.78, 5) is 0. The van der Waals surface area contributed by atoms with Gasteiger partial charge in [0, 0.05) is 12.0 Å². The maximum Gasteiger partial charge on any atom is 0.124 e. The fourth-order valence-corrected chi connectivity index (χ4v) is 2.00. The summed E-state index contributed by atoms with van der Waals surface area (Å²) in [5, 5.41) is 8.67. The van der Waals surface area contributed by atoms with Gasteiger partial charge in [-0.2, -0.15) is 0 Å². The molecule has 20 heavy (non-hydrogen) atoms. The highest BCUT2D eigenvalue weighted by atomic mass is 19.1. The molecule has 0 saturated heterocycles. The van der Waals surface area contributed by atoms with E-state index in [2.05, 4.69) is 25.7 Å². The van der Waals surface area contributed by atoms with E-state index >= 15 is 0 Å². The third kappa shape index (κ3) is 6.70. The van der Waals surface area contributed by atoms with Crippen LogP contribution in [-0.4, -0.2) is 17.8 Å². The number of ether oxygens (including phenoxy) is 1. The second-order valence-electron chi connectivity index (χ2n) is 5.37. The van der Waals surface area contributed by atoms with Crippen LogP contribution in [0.25, 0.3) is 0 Å². The van der Waals surface area contributed by atoms with Crippen molar-refractivity contribution in [3.8, 4) is 11.8 Å². The van der Waals surface area contributed by atoms with Crippen molar-refractivity contribution in [1.82, 2.24) is 0 Å². The molecule has 3 heteroatoms. The van der Waals surface area contributed by atoms with Gasteiger partial charge in [0.15, 0.2) is 0 Å². The van der Waals surface area contributed by atoms with Gasteiger partial charge in [-0.1, -0.05) is 25.7 Å². The van der Waals surface area contributed by atoms with Gasteiger partial charge in [0.2, 0.25) is 0 Å². The first kappa shape index (κ1) is 16.7. The lowest BCUT2D eigenvalue weighted by Crippen LogP contribution is -2.11. The first-order valence-corrected chi connectivity index (χ1v) is 7.02. The molecule has 0 spiro atoms. The number of hydrogen-bond acceptors (Lipinski definition) is 2. The maximum absolute atomic E-state index is 13.5. The van der Waals surface area contributed by atoms with Crippen LogP contribution < -0.4 is 0 Å². The predicted octanol–water partition coefficient (Wildman–Crippen LogP) is 3.51. The minimum absolute atomic E-state index is 0.0189. The van der Waals surface area contributed by atoms with Crippen LogP contribution in [0.5, 0.6) is 0 Å². The minimum Gasteiger partial charge on any atom is -0.395 e. The summed E-state index contributed by atoms with van der Waals surface area (Å²) in [6.45, 7) is 6.74. The zero-order valence-electron chi connectivity index (χ0n) is 12.4. The van der Waals surface area contributed by atoms with Crippen LogP contribution in [0, 0.1) is 23.6 Å². The van der Waals surface area contributed by atoms with E-state index in [1.165, 1.54) is 12.1 Å². The summed E-state index contributed by atoms with van der Waals surface area (Å²) in [6.07, 6.45) is 1.54. The van der Waals surface area contributed by atoms with Gasteiger partial charge in [0.05, 0.1) is 19.3 Å². The molecule has 0 aliphatic carbocycles. The molecule has 0 fully saturated rings. The van der Waals surface area contributed by atoms with Crippen molar-refractivity contribution < 1.29 is 14.2 Å². The van der Waals surface area contributed by atoms with Gasteiger partial charge in [0.25, 0.3) is 0 Å². The number of aliphatic hydroxyl groups is 1. The fourth-order valence-electron chi connectivity index (χ4n) is 2.00. The van der Waals surface area contributed by atoms with Crippen LogP contribution in [0.3, 0.4) is 0 Å². The van der Waals surface area contributed by atoms with Crippen LogP contribution in [0.2, 0.25) is 0 Å². The van der Waals surface area contributed by atoms with Crippen molar-refractivity contribution in [1.29, 1.82) is 0 Å². The number of aliphatic hydroxyl groups excluding tert-OH is 1. The highest BCUT2D eigenvalue weighted by molar-refractivity contribution is 5.37. The van der Waals surface area contributed by atoms with Gasteiger partial charge in [0.1, 0.15) is 5.82 Å². The van der Waals surface area contributed by atoms with Crippen molar-refractivity contribution in [2.45, 2.75) is 46.3 Å². The Bertz CT molecular complexity index is 472. The molecule has 0 aliphatic rings. The maximum atomic E-state index is 13.5. The van der Waals surface area contributed by atoms with Crippen molar-refractivity contribution in [3.63, 3.8) is 0 Å². The van der Waals surface area contributed by atoms with E-state index < -0.39 is 0 Å². The molecule has 0 aromatic heterocycles. The highest BCUT2D eigenvalue weighted by Gasteiger charge is 2.06. The van der Waals surface area contributed by atoms with Crippen LogP contribution >= 0.6 is 0 Å². The summed E-state index contributed by atoms with van der Waals surface area (Å²) >= 11 is 0. The Morgan fingerprint density at radius 2 is 2.00 bits per heavy atom. The molecule has 1 rings (SSSR count). The number of benzene rings is 1. The van der Waals surface area contributed by atoms with Crippen LogP contribution in [0.15, 0.2) is 18.2 Å². The second kappa shape index (κ2) is 8.73. The molecule has 0 amide bonds. The topological polar surface area (TPSA) is 29.5 Å². The summed E-state index contributed by atoms with van der Waals surface area (Å²) < 4.78 is 19.2. The second-order valence-corrected chi connectivity index (χ2v) is 5.37. The Morgan fingerprint density at radius 1 is 1.25 bits per heavy atom. The molecule has 0 heterocycles. The normalized spacial score (nSPS) is 12.1. The molecule has 1 aromatic carbocycles. The van der Waals surface area contributed by atoms with E-state index in [4.69, 9.17) is 9.84 Å². The SMILES string of the molecule is CC(C)CC(C)OCc1cc(F)cc(C#CCCO)c1. The number of rotatable bonds is 6. The molecule has 1 atom stereocenters. The first-order chi connectivity index (χ1) is 9.51. The average molecular weight is 278 g/mol. The smallest absolute Gasteiger partial charge is 0.124 e. The molecular formula is C17H23FO2. The minimum atomic E-state index is -0.309. The molecule has 0 saturated carbocycles. The van der Waals surface area contributed by atoms with Gasteiger partial charge < -0.3 is 9.84 Å². The molecular weight excluding hydrogens is 255 g/mol. The first-order valence-electron chi connectivity index (χ1n) is 7.02. The highest BCUT2D eigenvalue weighted by Crippen LogP contribution is 2.13. The van der Waals surface area contributed by atoms with E-state index in [1.54, 1.807) is 0 Å². The summed E-state index contributed by atoms with van der Waals surface area (Å²) in [6, 6.07) is 4.69. The molecule has 1 N–H and O–H groups in total. The molecule has 0 aliphatic heterocycles. The average Bonchev–Trinajstić information content (AvgIpc) is 2.35. The third-order valence-corrected chi connectivity index (χ3v) is 2.76. The zero-order valence-corrected chi connectivity index (χ0v) is 12.4. The standard InChI is InChI=1S/C17H23FO2/c1-13(2)8-14(3)20-12-16-9-15(6-4-5-7-19)10-17(18)11-16/h9-11,13-14,19H,5,7-8,12H2,1-3H3. The van der Waals surface area contributed by atoms with Crippen LogP contribution in [0.4, 0.5) is 4.39 Å². The van der Waals surface area contributed by atoms with E-state index in [1.807, 2.05) is 13.0 Å². The molecule has 2 nitrogen and oxygen atoms in total. The Balaban J connectivity index is 2.64. The molecule has 110 valence electrons. The largest absolute Gasteiger partial charge is 0.395 e. The summed E-state index contributed by atoms with van der Waals surface area (Å²) in [5.74, 6) is 5.90. The Hall–Kier alpha value is -1.37.